The second-order valence-electron chi connectivity index (χ2n) is 10.7. The number of morpholine rings is 1. The third kappa shape index (κ3) is 3.19. The van der Waals surface area contributed by atoms with Crippen LogP contribution in [0.4, 0.5) is 5.69 Å². The highest BCUT2D eigenvalue weighted by Gasteiger charge is 2.57. The molecule has 1 spiro atoms. The summed E-state index contributed by atoms with van der Waals surface area (Å²) in [5.41, 5.74) is 4.91. The number of carbonyl (C=O) groups excluding carboxylic acids is 1. The lowest BCUT2D eigenvalue weighted by Crippen LogP contribution is -2.68. The van der Waals surface area contributed by atoms with Gasteiger partial charge < -0.3 is 14.6 Å². The van der Waals surface area contributed by atoms with Crippen LogP contribution >= 0.6 is 0 Å². The predicted octanol–water partition coefficient (Wildman–Crippen LogP) is 3.70. The molecule has 1 saturated carbocycles. The van der Waals surface area contributed by atoms with E-state index >= 15 is 0 Å². The van der Waals surface area contributed by atoms with Crippen LogP contribution in [-0.4, -0.2) is 65.6 Å². The van der Waals surface area contributed by atoms with Gasteiger partial charge in [-0.3, -0.25) is 9.69 Å². The number of carbonyl (C=O) groups is 1. The number of hydrogen-bond donors (Lipinski definition) is 1. The van der Waals surface area contributed by atoms with Crippen LogP contribution in [-0.2, 0) is 21.6 Å². The third-order valence-corrected chi connectivity index (χ3v) is 8.62. The second kappa shape index (κ2) is 8.37. The monoisotopic (exact) mass is 510 g/mol. The first-order valence-corrected chi connectivity index (χ1v) is 13.3. The van der Waals surface area contributed by atoms with Crippen molar-refractivity contribution in [3.63, 3.8) is 0 Å². The molecule has 0 radical (unpaired) electrons. The number of amides is 1. The Morgan fingerprint density at radius 3 is 2.66 bits per heavy atom. The number of hydrogen-bond acceptors (Lipinski definition) is 8. The summed E-state index contributed by atoms with van der Waals surface area (Å²) in [6, 6.07) is 6.10. The van der Waals surface area contributed by atoms with E-state index in [4.69, 9.17) is 9.72 Å². The number of rotatable bonds is 4. The number of imidazole rings is 1. The molecule has 2 aliphatic heterocycles. The van der Waals surface area contributed by atoms with Crippen molar-refractivity contribution in [1.82, 2.24) is 34.4 Å². The van der Waals surface area contributed by atoms with Crippen LogP contribution in [0, 0.1) is 6.92 Å². The highest BCUT2D eigenvalue weighted by atomic mass is 16.5. The van der Waals surface area contributed by atoms with E-state index in [1.165, 1.54) is 0 Å². The molecule has 3 aliphatic rings. The number of ether oxygens (including phenoxy) is 1. The van der Waals surface area contributed by atoms with Gasteiger partial charge in [0, 0.05) is 47.8 Å². The molecule has 7 rings (SSSR count). The third-order valence-electron chi connectivity index (χ3n) is 8.62. The molecular formula is C28H30N8O2. The summed E-state index contributed by atoms with van der Waals surface area (Å²) in [5.74, 6) is 1.48. The molecule has 3 aromatic heterocycles. The number of aromatic nitrogens is 6. The Hall–Kier alpha value is -3.76. The minimum atomic E-state index is -0.783. The van der Waals surface area contributed by atoms with Crippen molar-refractivity contribution < 1.29 is 9.53 Å². The van der Waals surface area contributed by atoms with E-state index < -0.39 is 5.54 Å². The van der Waals surface area contributed by atoms with Crippen LogP contribution in [0.3, 0.4) is 0 Å². The van der Waals surface area contributed by atoms with Gasteiger partial charge in [-0.25, -0.2) is 24.9 Å². The Morgan fingerprint density at radius 1 is 1.11 bits per heavy atom. The Labute approximate surface area is 220 Å². The fourth-order valence-electron chi connectivity index (χ4n) is 6.44. The zero-order valence-corrected chi connectivity index (χ0v) is 21.9. The topological polar surface area (TPSA) is 111 Å². The van der Waals surface area contributed by atoms with Crippen molar-refractivity contribution in [3.8, 4) is 22.6 Å². The van der Waals surface area contributed by atoms with Crippen molar-refractivity contribution in [2.45, 2.75) is 57.7 Å². The van der Waals surface area contributed by atoms with Gasteiger partial charge in [0.25, 0.3) is 0 Å². The molecule has 1 aliphatic carbocycles. The van der Waals surface area contributed by atoms with Gasteiger partial charge in [-0.2, -0.15) is 0 Å². The van der Waals surface area contributed by atoms with Crippen LogP contribution in [0.1, 0.15) is 44.5 Å². The van der Waals surface area contributed by atoms with Gasteiger partial charge in [0.15, 0.2) is 5.65 Å². The van der Waals surface area contributed by atoms with Crippen molar-refractivity contribution in [2.75, 3.05) is 25.1 Å². The molecule has 1 atom stereocenters. The lowest BCUT2D eigenvalue weighted by molar-refractivity contribution is -0.163. The predicted molar refractivity (Wildman–Crippen MR) is 142 cm³/mol. The molecule has 1 N–H and O–H groups in total. The molecule has 0 bridgehead atoms. The average Bonchev–Trinajstić information content (AvgIpc) is 3.42. The van der Waals surface area contributed by atoms with Gasteiger partial charge in [0.1, 0.15) is 34.7 Å². The fourth-order valence-corrected chi connectivity index (χ4v) is 6.44. The maximum absolute atomic E-state index is 13.6. The van der Waals surface area contributed by atoms with Crippen molar-refractivity contribution in [2.24, 2.45) is 0 Å². The number of anilines is 1. The van der Waals surface area contributed by atoms with Crippen LogP contribution in [0.5, 0.6) is 0 Å². The van der Waals surface area contributed by atoms with Crippen LogP contribution < -0.4 is 5.32 Å². The van der Waals surface area contributed by atoms with E-state index in [9.17, 15) is 4.79 Å². The molecule has 1 aromatic carbocycles. The number of nitrogens with one attached hydrogen (secondary N) is 1. The highest BCUT2D eigenvalue weighted by molar-refractivity contribution is 6.06. The smallest absolute Gasteiger partial charge is 0.249 e. The van der Waals surface area contributed by atoms with Crippen LogP contribution in [0.15, 0.2) is 36.9 Å². The fraction of sp³-hybridized carbons (Fsp3) is 0.429. The normalized spacial score (nSPS) is 22.4. The summed E-state index contributed by atoms with van der Waals surface area (Å²) in [4.78, 5) is 38.9. The molecule has 2 fully saturated rings. The molecule has 5 heterocycles. The Morgan fingerprint density at radius 2 is 1.92 bits per heavy atom. The zero-order chi connectivity index (χ0) is 26.1. The number of nitrogens with zero attached hydrogens (tertiary/aromatic N) is 7. The number of fused-ring (bicyclic) bond motifs is 2. The first-order chi connectivity index (χ1) is 18.4. The molecule has 194 valence electrons. The number of benzene rings is 1. The molecular weight excluding hydrogens is 480 g/mol. The van der Waals surface area contributed by atoms with Gasteiger partial charge in [0.05, 0.1) is 18.8 Å². The van der Waals surface area contributed by atoms with Gasteiger partial charge in [-0.1, -0.05) is 6.07 Å². The van der Waals surface area contributed by atoms with Crippen LogP contribution in [0.2, 0.25) is 0 Å². The van der Waals surface area contributed by atoms with E-state index in [0.717, 1.165) is 65.4 Å². The maximum Gasteiger partial charge on any atom is 0.249 e. The molecule has 0 unspecified atom stereocenters. The molecule has 38 heavy (non-hydrogen) atoms. The first-order valence-electron chi connectivity index (χ1n) is 13.3. The summed E-state index contributed by atoms with van der Waals surface area (Å²) in [7, 11) is 0. The summed E-state index contributed by atoms with van der Waals surface area (Å²) in [5, 5.41) is 3.15. The summed E-state index contributed by atoms with van der Waals surface area (Å²) in [6.45, 7) is 8.72. The van der Waals surface area contributed by atoms with Gasteiger partial charge in [0.2, 0.25) is 5.91 Å². The summed E-state index contributed by atoms with van der Waals surface area (Å²) < 4.78 is 7.94. The lowest BCUT2D eigenvalue weighted by Gasteiger charge is -2.57. The Kier molecular flexibility index (Phi) is 5.15. The Bertz CT molecular complexity index is 1580. The highest BCUT2D eigenvalue weighted by Crippen LogP contribution is 2.50. The largest absolute Gasteiger partial charge is 0.378 e. The summed E-state index contributed by atoms with van der Waals surface area (Å²) >= 11 is 0. The molecule has 10 nitrogen and oxygen atoms in total. The van der Waals surface area contributed by atoms with Crippen LogP contribution in [0.25, 0.3) is 33.8 Å². The standard InChI is InChI=1S/C28H30N8O2/c1-4-35-24(19-13-29-17(2)30-14-19)34-23-22(31-16-32-25(23)35)18-6-7-21-20(12-18)27(3,26(37)33-21)36-10-11-38-15-28(36)8-5-9-28/h6-7,12-14,16H,4-5,8-11,15H2,1-3H3,(H,33,37)/t27-/m0/s1. The minimum Gasteiger partial charge on any atom is -0.378 e. The van der Waals surface area contributed by atoms with Gasteiger partial charge in [-0.15, -0.1) is 0 Å². The molecule has 1 amide bonds. The SMILES string of the molecule is CCn1c(-c2cnc(C)nc2)nc2c(-c3ccc4c(c3)[C@](C)(N3CCOCC35CCC5)C(=O)N4)ncnc21. The van der Waals surface area contributed by atoms with Crippen molar-refractivity contribution in [1.29, 1.82) is 0 Å². The quantitative estimate of drug-likeness (QED) is 0.442. The van der Waals surface area contributed by atoms with E-state index in [0.29, 0.717) is 31.1 Å². The zero-order valence-electron chi connectivity index (χ0n) is 21.9. The summed E-state index contributed by atoms with van der Waals surface area (Å²) in [6.07, 6.45) is 8.44. The van der Waals surface area contributed by atoms with Gasteiger partial charge >= 0.3 is 0 Å². The Balaban J connectivity index is 1.37. The van der Waals surface area contributed by atoms with Crippen molar-refractivity contribution in [3.05, 3.63) is 48.3 Å². The van der Waals surface area contributed by atoms with Crippen molar-refractivity contribution >= 4 is 22.8 Å². The first kappa shape index (κ1) is 23.4. The second-order valence-corrected chi connectivity index (χ2v) is 10.7. The van der Waals surface area contributed by atoms with E-state index in [2.05, 4.69) is 54.6 Å². The average molecular weight is 511 g/mol. The van der Waals surface area contributed by atoms with E-state index in [1.807, 2.05) is 19.1 Å². The molecule has 4 aromatic rings. The molecule has 1 saturated heterocycles. The van der Waals surface area contributed by atoms with E-state index in [-0.39, 0.29) is 11.4 Å². The van der Waals surface area contributed by atoms with Gasteiger partial charge in [-0.05, 0) is 52.2 Å². The van der Waals surface area contributed by atoms with E-state index in [1.54, 1.807) is 18.7 Å². The molecule has 10 heteroatoms. The number of aryl methyl sites for hydroxylation is 2. The lowest BCUT2D eigenvalue weighted by atomic mass is 9.71. The minimum absolute atomic E-state index is 0.0163. The maximum atomic E-state index is 13.6.